The monoisotopic (exact) mass is 377 g/mol. The van der Waals surface area contributed by atoms with E-state index in [1.54, 1.807) is 19.1 Å². The number of hydrogen-bond donors (Lipinski definition) is 0. The Morgan fingerprint density at radius 3 is 1.93 bits per heavy atom. The summed E-state index contributed by atoms with van der Waals surface area (Å²) < 4.78 is 19.1. The molecule has 0 aliphatic carbocycles. The van der Waals surface area contributed by atoms with Crippen molar-refractivity contribution in [2.75, 3.05) is 28.4 Å². The topological polar surface area (TPSA) is 108 Å². The van der Waals surface area contributed by atoms with Crippen LogP contribution in [0.3, 0.4) is 0 Å². The number of allylic oxidation sites excluding steroid dienone is 3. The Morgan fingerprint density at radius 2 is 1.41 bits per heavy atom. The first-order valence-corrected chi connectivity index (χ1v) is 7.78. The highest BCUT2D eigenvalue weighted by Crippen LogP contribution is 2.38. The third-order valence-electron chi connectivity index (χ3n) is 4.08. The van der Waals surface area contributed by atoms with Crippen molar-refractivity contribution in [1.82, 2.24) is 4.90 Å². The van der Waals surface area contributed by atoms with E-state index in [4.69, 9.17) is 18.9 Å². The van der Waals surface area contributed by atoms with Crippen LogP contribution in [-0.2, 0) is 38.1 Å². The number of carbonyl (C=O) groups is 4. The molecule has 0 aromatic heterocycles. The first-order valence-electron chi connectivity index (χ1n) is 7.78. The smallest absolute Gasteiger partial charge is 0.340 e. The summed E-state index contributed by atoms with van der Waals surface area (Å²) in [6, 6.07) is -1.35. The minimum atomic E-state index is -1.35. The quantitative estimate of drug-likeness (QED) is 0.507. The van der Waals surface area contributed by atoms with Gasteiger partial charge in [0, 0.05) is 6.20 Å². The summed E-state index contributed by atoms with van der Waals surface area (Å²) in [5.41, 5.74) is -0.0499. The van der Waals surface area contributed by atoms with Crippen LogP contribution in [-0.4, -0.2) is 63.3 Å². The lowest BCUT2D eigenvalue weighted by Crippen LogP contribution is -2.47. The average molecular weight is 377 g/mol. The maximum Gasteiger partial charge on any atom is 0.340 e. The summed E-state index contributed by atoms with van der Waals surface area (Å²) in [7, 11) is 4.45. The van der Waals surface area contributed by atoms with E-state index in [1.807, 2.05) is 0 Å². The maximum atomic E-state index is 12.5. The molecule has 27 heavy (non-hydrogen) atoms. The van der Waals surface area contributed by atoms with Gasteiger partial charge in [0.1, 0.15) is 0 Å². The molecule has 0 amide bonds. The third-order valence-corrected chi connectivity index (χ3v) is 4.08. The van der Waals surface area contributed by atoms with Gasteiger partial charge in [-0.25, -0.2) is 19.2 Å². The van der Waals surface area contributed by atoms with Gasteiger partial charge in [0.15, 0.2) is 6.04 Å². The van der Waals surface area contributed by atoms with Gasteiger partial charge in [-0.3, -0.25) is 0 Å². The summed E-state index contributed by atoms with van der Waals surface area (Å²) in [6.45, 7) is 1.76. The Bertz CT molecular complexity index is 830. The highest BCUT2D eigenvalue weighted by molar-refractivity contribution is 6.15. The van der Waals surface area contributed by atoms with E-state index < -0.39 is 35.5 Å². The maximum absolute atomic E-state index is 12.5. The van der Waals surface area contributed by atoms with E-state index in [-0.39, 0.29) is 16.8 Å². The second-order valence-electron chi connectivity index (χ2n) is 5.56. The number of nitrogens with zero attached hydrogens (tertiary/aromatic N) is 1. The highest BCUT2D eigenvalue weighted by atomic mass is 16.5. The zero-order chi connectivity index (χ0) is 20.3. The molecule has 0 N–H and O–H groups in total. The second kappa shape index (κ2) is 7.90. The molecule has 9 heteroatoms. The van der Waals surface area contributed by atoms with Crippen molar-refractivity contribution in [2.45, 2.75) is 13.0 Å². The van der Waals surface area contributed by atoms with Crippen LogP contribution in [0.25, 0.3) is 0 Å². The molecule has 0 radical (unpaired) electrons. The van der Waals surface area contributed by atoms with E-state index >= 15 is 0 Å². The van der Waals surface area contributed by atoms with Gasteiger partial charge in [-0.15, -0.1) is 0 Å². The van der Waals surface area contributed by atoms with Crippen molar-refractivity contribution < 1.29 is 38.1 Å². The fourth-order valence-electron chi connectivity index (χ4n) is 2.87. The fourth-order valence-corrected chi connectivity index (χ4v) is 2.87. The SMILES string of the molecule is COC(=O)C1=C(C(=O)OC)[C@H](C(=O)OC)N2C=CC(C)=CC2=C1C(=O)OC. The summed E-state index contributed by atoms with van der Waals surface area (Å²) in [5, 5.41) is 0. The molecular weight excluding hydrogens is 358 g/mol. The summed E-state index contributed by atoms with van der Waals surface area (Å²) in [4.78, 5) is 51.3. The first-order chi connectivity index (χ1) is 12.8. The number of hydrogen-bond acceptors (Lipinski definition) is 9. The lowest BCUT2D eigenvalue weighted by atomic mass is 9.86. The van der Waals surface area contributed by atoms with Crippen LogP contribution in [0.1, 0.15) is 6.92 Å². The van der Waals surface area contributed by atoms with Crippen molar-refractivity contribution in [3.05, 3.63) is 46.3 Å². The molecule has 0 saturated heterocycles. The molecule has 144 valence electrons. The van der Waals surface area contributed by atoms with Crippen LogP contribution < -0.4 is 0 Å². The minimum absolute atomic E-state index is 0.199. The highest BCUT2D eigenvalue weighted by Gasteiger charge is 2.47. The molecule has 2 aliphatic rings. The third kappa shape index (κ3) is 3.35. The van der Waals surface area contributed by atoms with Gasteiger partial charge in [0.05, 0.1) is 50.9 Å². The average Bonchev–Trinajstić information content (AvgIpc) is 2.69. The molecule has 0 fully saturated rings. The van der Waals surface area contributed by atoms with Crippen LogP contribution in [0, 0.1) is 0 Å². The minimum Gasteiger partial charge on any atom is -0.467 e. The Labute approximate surface area is 155 Å². The van der Waals surface area contributed by atoms with Crippen molar-refractivity contribution >= 4 is 23.9 Å². The van der Waals surface area contributed by atoms with Crippen LogP contribution in [0.2, 0.25) is 0 Å². The molecule has 1 atom stereocenters. The van der Waals surface area contributed by atoms with Gasteiger partial charge >= 0.3 is 23.9 Å². The van der Waals surface area contributed by atoms with Crippen LogP contribution >= 0.6 is 0 Å². The molecule has 0 bridgehead atoms. The summed E-state index contributed by atoms with van der Waals surface area (Å²) >= 11 is 0. The second-order valence-corrected chi connectivity index (χ2v) is 5.56. The van der Waals surface area contributed by atoms with Crippen molar-refractivity contribution in [2.24, 2.45) is 0 Å². The van der Waals surface area contributed by atoms with Crippen LogP contribution in [0.4, 0.5) is 0 Å². The molecule has 2 heterocycles. The van der Waals surface area contributed by atoms with E-state index in [1.165, 1.54) is 11.1 Å². The number of rotatable bonds is 4. The number of ether oxygens (including phenoxy) is 4. The Morgan fingerprint density at radius 1 is 0.852 bits per heavy atom. The van der Waals surface area contributed by atoms with Gasteiger partial charge in [-0.1, -0.05) is 0 Å². The summed E-state index contributed by atoms with van der Waals surface area (Å²) in [5.74, 6) is -3.67. The molecule has 9 nitrogen and oxygen atoms in total. The number of fused-ring (bicyclic) bond motifs is 1. The molecular formula is C18H19NO8. The number of carbonyl (C=O) groups excluding carboxylic acids is 4. The molecule has 0 saturated carbocycles. The zero-order valence-corrected chi connectivity index (χ0v) is 15.5. The lowest BCUT2D eigenvalue weighted by molar-refractivity contribution is -0.148. The Hall–Kier alpha value is -3.36. The number of methoxy groups -OCH3 is 4. The standard InChI is InChI=1S/C18H19NO8/c1-9-6-7-19-10(8-9)11(15(20)24-2)12(16(21)25-3)13(17(22)26-4)14(19)18(23)27-5/h6-8,14H,1-5H3/t14-/m1/s1. The normalized spacial score (nSPS) is 18.5. The fraction of sp³-hybridized carbons (Fsp3) is 0.333. The largest absolute Gasteiger partial charge is 0.467 e. The lowest BCUT2D eigenvalue weighted by Gasteiger charge is -2.37. The van der Waals surface area contributed by atoms with Gasteiger partial charge in [0.25, 0.3) is 0 Å². The van der Waals surface area contributed by atoms with Gasteiger partial charge in [-0.2, -0.15) is 0 Å². The molecule has 0 aromatic carbocycles. The molecule has 2 aliphatic heterocycles. The summed E-state index contributed by atoms with van der Waals surface area (Å²) in [6.07, 6.45) is 4.76. The predicted molar refractivity (Wildman–Crippen MR) is 90.6 cm³/mol. The molecule has 0 aromatic rings. The molecule has 2 rings (SSSR count). The van der Waals surface area contributed by atoms with E-state index in [9.17, 15) is 19.2 Å². The van der Waals surface area contributed by atoms with E-state index in [0.29, 0.717) is 0 Å². The number of esters is 4. The predicted octanol–water partition coefficient (Wildman–Crippen LogP) is 0.387. The van der Waals surface area contributed by atoms with Crippen molar-refractivity contribution in [3.63, 3.8) is 0 Å². The van der Waals surface area contributed by atoms with Gasteiger partial charge < -0.3 is 23.8 Å². The Kier molecular flexibility index (Phi) is 5.84. The van der Waals surface area contributed by atoms with Gasteiger partial charge in [0.2, 0.25) is 0 Å². The first kappa shape index (κ1) is 20.0. The van der Waals surface area contributed by atoms with Crippen molar-refractivity contribution in [1.29, 1.82) is 0 Å². The van der Waals surface area contributed by atoms with Crippen LogP contribution in [0.15, 0.2) is 46.3 Å². The van der Waals surface area contributed by atoms with E-state index in [0.717, 1.165) is 34.0 Å². The molecule has 0 unspecified atom stereocenters. The molecule has 0 spiro atoms. The van der Waals surface area contributed by atoms with Crippen molar-refractivity contribution in [3.8, 4) is 0 Å². The van der Waals surface area contributed by atoms with E-state index in [2.05, 4.69) is 0 Å². The van der Waals surface area contributed by atoms with Gasteiger partial charge in [-0.05, 0) is 24.6 Å². The zero-order valence-electron chi connectivity index (χ0n) is 15.5. The Balaban J connectivity index is 2.96. The van der Waals surface area contributed by atoms with Crippen LogP contribution in [0.5, 0.6) is 0 Å².